The molecule has 1 aromatic rings. The molecule has 1 atom stereocenters. The average molecular weight is 541 g/mol. The second-order valence-electron chi connectivity index (χ2n) is 8.39. The summed E-state index contributed by atoms with van der Waals surface area (Å²) in [6.07, 6.45) is 2.84. The Morgan fingerprint density at radius 1 is 1.16 bits per heavy atom. The molecule has 3 fully saturated rings. The average Bonchev–Trinajstić information content (AvgIpc) is 3.42. The van der Waals surface area contributed by atoms with E-state index in [1.807, 2.05) is 4.90 Å². The van der Waals surface area contributed by atoms with Crippen LogP contribution in [0.15, 0.2) is 29.3 Å². The molecule has 1 N–H and O–H groups in total. The van der Waals surface area contributed by atoms with Gasteiger partial charge in [-0.1, -0.05) is 24.3 Å². The summed E-state index contributed by atoms with van der Waals surface area (Å²) in [4.78, 5) is 24.0. The Bertz CT molecular complexity index is 753. The lowest BCUT2D eigenvalue weighted by Gasteiger charge is -2.32. The fraction of sp³-hybridized carbons (Fsp3) is 0.652. The van der Waals surface area contributed by atoms with E-state index in [0.29, 0.717) is 25.6 Å². The highest BCUT2D eigenvalue weighted by atomic mass is 127. The second-order valence-corrected chi connectivity index (χ2v) is 8.39. The fourth-order valence-corrected chi connectivity index (χ4v) is 4.70. The molecule has 1 amide bonds. The Hall–Kier alpha value is -1.39. The number of nitrogens with zero attached hydrogens (tertiary/aromatic N) is 4. The van der Waals surface area contributed by atoms with Gasteiger partial charge in [-0.05, 0) is 30.9 Å². The lowest BCUT2D eigenvalue weighted by atomic mass is 10.1. The monoisotopic (exact) mass is 541 g/mol. The van der Waals surface area contributed by atoms with Crippen LogP contribution in [0.25, 0.3) is 0 Å². The van der Waals surface area contributed by atoms with Crippen molar-refractivity contribution in [2.24, 2.45) is 4.99 Å². The molecule has 0 spiro atoms. The Balaban J connectivity index is 0.00000272. The molecule has 0 saturated carbocycles. The summed E-state index contributed by atoms with van der Waals surface area (Å²) in [6.45, 7) is 11.0. The quantitative estimate of drug-likeness (QED) is 0.341. The second kappa shape index (κ2) is 12.0. The van der Waals surface area contributed by atoms with Crippen LogP contribution >= 0.6 is 24.0 Å². The van der Waals surface area contributed by atoms with Gasteiger partial charge in [0, 0.05) is 58.3 Å². The van der Waals surface area contributed by atoms with Gasteiger partial charge in [0.25, 0.3) is 0 Å². The summed E-state index contributed by atoms with van der Waals surface area (Å²) in [5.74, 6) is 1.27. The predicted molar refractivity (Wildman–Crippen MR) is 134 cm³/mol. The molecule has 8 heteroatoms. The summed E-state index contributed by atoms with van der Waals surface area (Å²) < 4.78 is 5.51. The summed E-state index contributed by atoms with van der Waals surface area (Å²) in [6, 6.07) is 8.99. The van der Waals surface area contributed by atoms with Crippen LogP contribution in [-0.4, -0.2) is 85.1 Å². The number of aliphatic imine (C=N–C) groups is 1. The zero-order chi connectivity index (χ0) is 20.8. The lowest BCUT2D eigenvalue weighted by Crippen LogP contribution is -2.46. The third kappa shape index (κ3) is 6.32. The summed E-state index contributed by atoms with van der Waals surface area (Å²) in [5, 5.41) is 3.49. The Labute approximate surface area is 203 Å². The number of nitrogens with one attached hydrogen (secondary N) is 1. The van der Waals surface area contributed by atoms with Crippen LogP contribution in [0.3, 0.4) is 0 Å². The van der Waals surface area contributed by atoms with Crippen LogP contribution in [0.4, 0.5) is 0 Å². The number of guanidine groups is 1. The van der Waals surface area contributed by atoms with Gasteiger partial charge in [-0.25, -0.2) is 4.99 Å². The number of carbonyl (C=O) groups excluding carboxylic acids is 1. The molecule has 0 radical (unpaired) electrons. The van der Waals surface area contributed by atoms with E-state index in [4.69, 9.17) is 9.73 Å². The third-order valence-electron chi connectivity index (χ3n) is 6.41. The van der Waals surface area contributed by atoms with E-state index in [9.17, 15) is 4.79 Å². The molecule has 0 bridgehead atoms. The van der Waals surface area contributed by atoms with E-state index in [1.165, 1.54) is 17.5 Å². The van der Waals surface area contributed by atoms with Crippen molar-refractivity contribution in [3.8, 4) is 0 Å². The molecule has 0 aromatic heterocycles. The van der Waals surface area contributed by atoms with Crippen molar-refractivity contribution in [1.82, 2.24) is 20.0 Å². The molecule has 7 nitrogen and oxygen atoms in total. The SMILES string of the molecule is CCNC(=NCc1ccccc1CN1CCCC1=O)N1CCC(N2CCOCC2)C1.I. The number of hydrogen-bond donors (Lipinski definition) is 1. The first-order valence-corrected chi connectivity index (χ1v) is 11.4. The lowest BCUT2D eigenvalue weighted by molar-refractivity contribution is -0.128. The molecule has 3 heterocycles. The van der Waals surface area contributed by atoms with Gasteiger partial charge in [-0.2, -0.15) is 0 Å². The number of hydrogen-bond acceptors (Lipinski definition) is 4. The maximum atomic E-state index is 12.0. The minimum atomic E-state index is 0. The summed E-state index contributed by atoms with van der Waals surface area (Å²) in [7, 11) is 0. The van der Waals surface area contributed by atoms with Crippen LogP contribution in [0.1, 0.15) is 37.3 Å². The van der Waals surface area contributed by atoms with Gasteiger partial charge in [-0.3, -0.25) is 9.69 Å². The topological polar surface area (TPSA) is 60.4 Å². The van der Waals surface area contributed by atoms with Gasteiger partial charge in [0.1, 0.15) is 0 Å². The molecule has 172 valence electrons. The Morgan fingerprint density at radius 3 is 2.65 bits per heavy atom. The number of morpholine rings is 1. The van der Waals surface area contributed by atoms with Crippen molar-refractivity contribution in [2.75, 3.05) is 52.5 Å². The smallest absolute Gasteiger partial charge is 0.222 e. The number of rotatable bonds is 6. The molecule has 4 rings (SSSR count). The minimum Gasteiger partial charge on any atom is -0.379 e. The maximum Gasteiger partial charge on any atom is 0.222 e. The van der Waals surface area contributed by atoms with Crippen molar-refractivity contribution in [2.45, 2.75) is 45.3 Å². The molecule has 1 aromatic carbocycles. The minimum absolute atomic E-state index is 0. The first kappa shape index (κ1) is 24.3. The molecular formula is C23H36IN5O2. The largest absolute Gasteiger partial charge is 0.379 e. The van der Waals surface area contributed by atoms with Gasteiger partial charge >= 0.3 is 0 Å². The zero-order valence-corrected chi connectivity index (χ0v) is 20.9. The van der Waals surface area contributed by atoms with Crippen LogP contribution in [-0.2, 0) is 22.6 Å². The highest BCUT2D eigenvalue weighted by molar-refractivity contribution is 14.0. The first-order chi connectivity index (χ1) is 14.7. The van der Waals surface area contributed by atoms with Crippen molar-refractivity contribution in [1.29, 1.82) is 0 Å². The van der Waals surface area contributed by atoms with E-state index in [0.717, 1.165) is 64.9 Å². The maximum absolute atomic E-state index is 12.0. The highest BCUT2D eigenvalue weighted by Gasteiger charge is 2.30. The van der Waals surface area contributed by atoms with E-state index in [-0.39, 0.29) is 29.9 Å². The van der Waals surface area contributed by atoms with Gasteiger partial charge in [0.05, 0.1) is 19.8 Å². The van der Waals surface area contributed by atoms with Crippen LogP contribution in [0.2, 0.25) is 0 Å². The molecule has 31 heavy (non-hydrogen) atoms. The van der Waals surface area contributed by atoms with E-state index < -0.39 is 0 Å². The Kier molecular flexibility index (Phi) is 9.40. The molecule has 3 aliphatic heterocycles. The van der Waals surface area contributed by atoms with Crippen molar-refractivity contribution in [3.63, 3.8) is 0 Å². The van der Waals surface area contributed by atoms with Crippen LogP contribution < -0.4 is 5.32 Å². The van der Waals surface area contributed by atoms with E-state index in [1.54, 1.807) is 0 Å². The molecule has 0 aliphatic carbocycles. The van der Waals surface area contributed by atoms with Crippen LogP contribution in [0.5, 0.6) is 0 Å². The standard InChI is InChI=1S/C23H35N5O2.HI/c1-2-24-23(28-11-9-21(18-28)26-12-14-30-15-13-26)25-16-19-6-3-4-7-20(19)17-27-10-5-8-22(27)29;/h3-4,6-7,21H,2,5,8-18H2,1H3,(H,24,25);1H. The number of benzene rings is 1. The van der Waals surface area contributed by atoms with Crippen molar-refractivity contribution >= 4 is 35.8 Å². The van der Waals surface area contributed by atoms with Gasteiger partial charge in [-0.15, -0.1) is 24.0 Å². The van der Waals surface area contributed by atoms with Gasteiger partial charge in [0.2, 0.25) is 5.91 Å². The predicted octanol–water partition coefficient (Wildman–Crippen LogP) is 2.30. The molecule has 3 saturated heterocycles. The Morgan fingerprint density at radius 2 is 1.94 bits per heavy atom. The molecule has 1 unspecified atom stereocenters. The normalized spacial score (nSPS) is 22.7. The molecular weight excluding hydrogens is 505 g/mol. The van der Waals surface area contributed by atoms with E-state index >= 15 is 0 Å². The number of ether oxygens (including phenoxy) is 1. The first-order valence-electron chi connectivity index (χ1n) is 11.4. The zero-order valence-electron chi connectivity index (χ0n) is 18.6. The molecule has 3 aliphatic rings. The summed E-state index contributed by atoms with van der Waals surface area (Å²) >= 11 is 0. The fourth-order valence-electron chi connectivity index (χ4n) is 4.70. The summed E-state index contributed by atoms with van der Waals surface area (Å²) in [5.41, 5.74) is 2.41. The van der Waals surface area contributed by atoms with Crippen molar-refractivity contribution in [3.05, 3.63) is 35.4 Å². The van der Waals surface area contributed by atoms with Gasteiger partial charge < -0.3 is 19.9 Å². The number of likely N-dealkylation sites (tertiary alicyclic amines) is 2. The van der Waals surface area contributed by atoms with Gasteiger partial charge in [0.15, 0.2) is 5.96 Å². The van der Waals surface area contributed by atoms with Crippen LogP contribution in [0, 0.1) is 0 Å². The number of carbonyl (C=O) groups is 1. The van der Waals surface area contributed by atoms with E-state index in [2.05, 4.69) is 46.3 Å². The number of halogens is 1. The third-order valence-corrected chi connectivity index (χ3v) is 6.41. The highest BCUT2D eigenvalue weighted by Crippen LogP contribution is 2.20. The number of amides is 1. The van der Waals surface area contributed by atoms with Crippen molar-refractivity contribution < 1.29 is 9.53 Å².